The van der Waals surface area contributed by atoms with Crippen molar-refractivity contribution in [2.24, 2.45) is 0 Å². The van der Waals surface area contributed by atoms with Crippen LogP contribution >= 0.6 is 0 Å². The number of anilines is 1. The lowest BCUT2D eigenvalue weighted by molar-refractivity contribution is 0.143. The molecule has 7 heteroatoms. The van der Waals surface area contributed by atoms with Gasteiger partial charge in [0, 0.05) is 38.9 Å². The summed E-state index contributed by atoms with van der Waals surface area (Å²) in [7, 11) is 0. The molecule has 0 unspecified atom stereocenters. The van der Waals surface area contributed by atoms with E-state index in [4.69, 9.17) is 0 Å². The van der Waals surface area contributed by atoms with Gasteiger partial charge in [-0.15, -0.1) is 0 Å². The fourth-order valence-electron chi connectivity index (χ4n) is 2.56. The Morgan fingerprint density at radius 1 is 1.22 bits per heavy atom. The van der Waals surface area contributed by atoms with Crippen molar-refractivity contribution < 1.29 is 9.18 Å². The van der Waals surface area contributed by atoms with Gasteiger partial charge in [0.05, 0.1) is 0 Å². The van der Waals surface area contributed by atoms with Crippen LogP contribution in [-0.4, -0.2) is 52.0 Å². The highest BCUT2D eigenvalue weighted by atomic mass is 19.1. The Kier molecular flexibility index (Phi) is 4.77. The smallest absolute Gasteiger partial charge is 0.322 e. The van der Waals surface area contributed by atoms with Crippen LogP contribution in [0.1, 0.15) is 5.56 Å². The molecule has 1 fully saturated rings. The quantitative estimate of drug-likeness (QED) is 0.940. The Balaban J connectivity index is 1.49. The third-order valence-electron chi connectivity index (χ3n) is 3.77. The number of hydrogen-bond donors (Lipinski definition) is 1. The standard InChI is InChI=1S/C16H18FN5O/c17-14-3-1-2-13(10-14)11-21-6-8-22(9-7-21)16(23)20-15-4-5-18-12-19-15/h1-5,10,12H,6-9,11H2,(H,18,19,20,23). The molecular weight excluding hydrogens is 297 g/mol. The van der Waals surface area contributed by atoms with Gasteiger partial charge in [-0.3, -0.25) is 10.2 Å². The second-order valence-corrected chi connectivity index (χ2v) is 5.42. The number of carbonyl (C=O) groups excluding carboxylic acids is 1. The van der Waals surface area contributed by atoms with E-state index in [2.05, 4.69) is 20.2 Å². The lowest BCUT2D eigenvalue weighted by Crippen LogP contribution is -2.49. The minimum absolute atomic E-state index is 0.158. The summed E-state index contributed by atoms with van der Waals surface area (Å²) >= 11 is 0. The summed E-state index contributed by atoms with van der Waals surface area (Å²) in [6.45, 7) is 3.47. The normalized spacial score (nSPS) is 15.4. The van der Waals surface area contributed by atoms with Crippen LogP contribution in [0.25, 0.3) is 0 Å². The molecule has 2 amide bonds. The molecule has 0 radical (unpaired) electrons. The first-order valence-corrected chi connectivity index (χ1v) is 7.49. The molecule has 6 nitrogen and oxygen atoms in total. The lowest BCUT2D eigenvalue weighted by Gasteiger charge is -2.34. The van der Waals surface area contributed by atoms with Gasteiger partial charge < -0.3 is 4.90 Å². The molecule has 0 aliphatic carbocycles. The van der Waals surface area contributed by atoms with Crippen LogP contribution in [0, 0.1) is 5.82 Å². The maximum absolute atomic E-state index is 13.2. The van der Waals surface area contributed by atoms with Gasteiger partial charge in [-0.05, 0) is 23.8 Å². The first-order valence-electron chi connectivity index (χ1n) is 7.49. The van der Waals surface area contributed by atoms with E-state index in [0.717, 1.165) is 18.7 Å². The van der Waals surface area contributed by atoms with Crippen LogP contribution in [0.4, 0.5) is 15.0 Å². The molecule has 0 saturated carbocycles. The number of halogens is 1. The first kappa shape index (κ1) is 15.4. The van der Waals surface area contributed by atoms with Crippen LogP contribution in [0.2, 0.25) is 0 Å². The van der Waals surface area contributed by atoms with E-state index >= 15 is 0 Å². The van der Waals surface area contributed by atoms with Gasteiger partial charge >= 0.3 is 6.03 Å². The summed E-state index contributed by atoms with van der Waals surface area (Å²) in [4.78, 5) is 23.9. The molecule has 1 aromatic carbocycles. The van der Waals surface area contributed by atoms with Crippen LogP contribution < -0.4 is 5.32 Å². The zero-order valence-corrected chi connectivity index (χ0v) is 12.7. The highest BCUT2D eigenvalue weighted by Crippen LogP contribution is 2.11. The van der Waals surface area contributed by atoms with Crippen molar-refractivity contribution in [1.82, 2.24) is 19.8 Å². The van der Waals surface area contributed by atoms with Gasteiger partial charge in [0.25, 0.3) is 0 Å². The van der Waals surface area contributed by atoms with Crippen LogP contribution in [0.15, 0.2) is 42.9 Å². The summed E-state index contributed by atoms with van der Waals surface area (Å²) in [5.41, 5.74) is 0.948. The van der Waals surface area contributed by atoms with E-state index in [9.17, 15) is 9.18 Å². The summed E-state index contributed by atoms with van der Waals surface area (Å²) in [6.07, 6.45) is 2.98. The van der Waals surface area contributed by atoms with Crippen molar-refractivity contribution in [3.05, 3.63) is 54.2 Å². The molecule has 0 atom stereocenters. The summed E-state index contributed by atoms with van der Waals surface area (Å²) in [5, 5.41) is 2.75. The highest BCUT2D eigenvalue weighted by molar-refractivity contribution is 5.88. The topological polar surface area (TPSA) is 61.4 Å². The van der Waals surface area contributed by atoms with Crippen molar-refractivity contribution in [3.63, 3.8) is 0 Å². The number of piperazine rings is 1. The zero-order valence-electron chi connectivity index (χ0n) is 12.7. The fraction of sp³-hybridized carbons (Fsp3) is 0.312. The number of rotatable bonds is 3. The van der Waals surface area contributed by atoms with Gasteiger partial charge in [0.2, 0.25) is 0 Å². The highest BCUT2D eigenvalue weighted by Gasteiger charge is 2.21. The van der Waals surface area contributed by atoms with Gasteiger partial charge in [0.15, 0.2) is 0 Å². The van der Waals surface area contributed by atoms with Crippen molar-refractivity contribution in [1.29, 1.82) is 0 Å². The number of aromatic nitrogens is 2. The SMILES string of the molecule is O=C(Nc1ccncn1)N1CCN(Cc2cccc(F)c2)CC1. The molecule has 1 aromatic heterocycles. The Labute approximate surface area is 134 Å². The lowest BCUT2D eigenvalue weighted by atomic mass is 10.2. The molecule has 1 aliphatic heterocycles. The van der Waals surface area contributed by atoms with Crippen LogP contribution in [-0.2, 0) is 6.54 Å². The number of amides is 2. The molecular formula is C16H18FN5O. The van der Waals surface area contributed by atoms with Gasteiger partial charge in [-0.1, -0.05) is 12.1 Å². The Morgan fingerprint density at radius 2 is 2.04 bits per heavy atom. The van der Waals surface area contributed by atoms with E-state index in [1.165, 1.54) is 12.4 Å². The number of hydrogen-bond acceptors (Lipinski definition) is 4. The Morgan fingerprint density at radius 3 is 2.74 bits per heavy atom. The largest absolute Gasteiger partial charge is 0.323 e. The molecule has 0 bridgehead atoms. The number of benzene rings is 1. The van der Waals surface area contributed by atoms with Crippen molar-refractivity contribution in [2.45, 2.75) is 6.54 Å². The van der Waals surface area contributed by atoms with Gasteiger partial charge in [0.1, 0.15) is 18.0 Å². The van der Waals surface area contributed by atoms with Crippen LogP contribution in [0.3, 0.4) is 0 Å². The second kappa shape index (κ2) is 7.15. The van der Waals surface area contributed by atoms with Crippen molar-refractivity contribution in [2.75, 3.05) is 31.5 Å². The molecule has 2 aromatic rings. The molecule has 2 heterocycles. The maximum atomic E-state index is 13.2. The predicted octanol–water partition coefficient (Wildman–Crippen LogP) is 1.97. The monoisotopic (exact) mass is 315 g/mol. The molecule has 3 rings (SSSR count). The maximum Gasteiger partial charge on any atom is 0.323 e. The molecule has 1 saturated heterocycles. The van der Waals surface area contributed by atoms with Crippen LogP contribution in [0.5, 0.6) is 0 Å². The van der Waals surface area contributed by atoms with Gasteiger partial charge in [-0.2, -0.15) is 0 Å². The molecule has 1 N–H and O–H groups in total. The average Bonchev–Trinajstić information content (AvgIpc) is 2.56. The first-order chi connectivity index (χ1) is 11.2. The van der Waals surface area contributed by atoms with E-state index in [0.29, 0.717) is 25.5 Å². The Bertz CT molecular complexity index is 659. The average molecular weight is 315 g/mol. The number of carbonyl (C=O) groups is 1. The molecule has 0 spiro atoms. The third-order valence-corrected chi connectivity index (χ3v) is 3.77. The Hall–Kier alpha value is -2.54. The van der Waals surface area contributed by atoms with Crippen molar-refractivity contribution in [3.8, 4) is 0 Å². The number of nitrogens with one attached hydrogen (secondary N) is 1. The molecule has 23 heavy (non-hydrogen) atoms. The molecule has 120 valence electrons. The second-order valence-electron chi connectivity index (χ2n) is 5.42. The zero-order chi connectivity index (χ0) is 16.1. The van der Waals surface area contributed by atoms with E-state index in [1.54, 1.807) is 29.3 Å². The minimum Gasteiger partial charge on any atom is -0.322 e. The summed E-state index contributed by atoms with van der Waals surface area (Å²) in [5.74, 6) is 0.276. The van der Waals surface area contributed by atoms with E-state index in [-0.39, 0.29) is 11.8 Å². The van der Waals surface area contributed by atoms with Crippen molar-refractivity contribution >= 4 is 11.8 Å². The minimum atomic E-state index is -0.217. The third kappa shape index (κ3) is 4.23. The van der Waals surface area contributed by atoms with Gasteiger partial charge in [-0.25, -0.2) is 19.2 Å². The summed E-state index contributed by atoms with van der Waals surface area (Å²) in [6, 6.07) is 8.12. The molecule has 1 aliphatic rings. The summed E-state index contributed by atoms with van der Waals surface area (Å²) < 4.78 is 13.2. The predicted molar refractivity (Wildman–Crippen MR) is 84.3 cm³/mol. The van der Waals surface area contributed by atoms with E-state index < -0.39 is 0 Å². The van der Waals surface area contributed by atoms with E-state index in [1.807, 2.05) is 6.07 Å². The number of nitrogens with zero attached hydrogens (tertiary/aromatic N) is 4. The number of urea groups is 1. The fourth-order valence-corrected chi connectivity index (χ4v) is 2.56.